The highest BCUT2D eigenvalue weighted by atomic mass is 19.1. The van der Waals surface area contributed by atoms with Crippen LogP contribution in [0.25, 0.3) is 10.8 Å². The molecule has 13 nitrogen and oxygen atoms in total. The molecular weight excluding hydrogens is 809 g/mol. The van der Waals surface area contributed by atoms with Gasteiger partial charge in [0.2, 0.25) is 11.8 Å². The van der Waals surface area contributed by atoms with Crippen molar-refractivity contribution in [2.75, 3.05) is 58.9 Å². The van der Waals surface area contributed by atoms with Gasteiger partial charge in [0.15, 0.2) is 0 Å². The van der Waals surface area contributed by atoms with E-state index >= 15 is 4.39 Å². The molecule has 0 spiro atoms. The fraction of sp³-hybridized carbons (Fsp3) is 0.500. The molecule has 1 atom stereocenters. The zero-order valence-corrected chi connectivity index (χ0v) is 36.0. The molecule has 3 aromatic carbocycles. The van der Waals surface area contributed by atoms with Crippen molar-refractivity contribution >= 4 is 34.4 Å². The number of piperidine rings is 2. The molecule has 63 heavy (non-hydrogen) atoms. The quantitative estimate of drug-likeness (QED) is 0.208. The number of H-pyrrole nitrogens is 1. The van der Waals surface area contributed by atoms with Gasteiger partial charge in [-0.1, -0.05) is 55.7 Å². The summed E-state index contributed by atoms with van der Waals surface area (Å²) in [7, 11) is 0. The zero-order valence-electron chi connectivity index (χ0n) is 36.0. The summed E-state index contributed by atoms with van der Waals surface area (Å²) >= 11 is 0. The van der Waals surface area contributed by atoms with Crippen molar-refractivity contribution in [1.29, 1.82) is 0 Å². The van der Waals surface area contributed by atoms with Gasteiger partial charge in [-0.05, 0) is 86.8 Å². The first kappa shape index (κ1) is 44.1. The molecule has 8 rings (SSSR count). The number of nitrogens with zero attached hydrogens (tertiary/aromatic N) is 5. The number of rotatable bonds is 11. The van der Waals surface area contributed by atoms with Crippen LogP contribution >= 0.6 is 0 Å². The fourth-order valence-electron chi connectivity index (χ4n) is 9.74. The molecule has 3 saturated heterocycles. The van der Waals surface area contributed by atoms with Crippen molar-refractivity contribution in [2.45, 2.75) is 89.4 Å². The molecule has 1 aromatic heterocycles. The second kappa shape index (κ2) is 19.9. The molecule has 4 heterocycles. The lowest BCUT2D eigenvalue weighted by atomic mass is 9.83. The minimum absolute atomic E-state index is 0.000879. The van der Waals surface area contributed by atoms with Crippen LogP contribution in [0.1, 0.15) is 95.3 Å². The smallest absolute Gasteiger partial charge is 0.272 e. The van der Waals surface area contributed by atoms with E-state index in [2.05, 4.69) is 20.4 Å². The topological polar surface area (TPSA) is 148 Å². The summed E-state index contributed by atoms with van der Waals surface area (Å²) in [4.78, 5) is 73.7. The van der Waals surface area contributed by atoms with Crippen molar-refractivity contribution in [2.24, 2.45) is 5.92 Å². The van der Waals surface area contributed by atoms with Crippen LogP contribution in [0.4, 0.5) is 8.78 Å². The molecule has 0 bridgehead atoms. The van der Waals surface area contributed by atoms with Crippen LogP contribution in [0.15, 0.2) is 65.5 Å². The van der Waals surface area contributed by atoms with Crippen LogP contribution in [0.3, 0.4) is 0 Å². The van der Waals surface area contributed by atoms with Crippen LogP contribution in [-0.2, 0) is 20.7 Å². The summed E-state index contributed by atoms with van der Waals surface area (Å²) in [5, 5.41) is 10.9. The summed E-state index contributed by atoms with van der Waals surface area (Å²) in [6.45, 7) is 5.71. The third-order valence-corrected chi connectivity index (χ3v) is 13.5. The zero-order chi connectivity index (χ0) is 44.0. The number of halogens is 2. The number of likely N-dealkylation sites (tertiary alicyclic amines) is 2. The number of carbonyl (C=O) groups is 4. The Morgan fingerprint density at radius 3 is 2.14 bits per heavy atom. The molecule has 4 aromatic rings. The van der Waals surface area contributed by atoms with Crippen LogP contribution in [0.2, 0.25) is 0 Å². The van der Waals surface area contributed by atoms with E-state index in [1.807, 2.05) is 17.0 Å². The Kier molecular flexibility index (Phi) is 13.9. The van der Waals surface area contributed by atoms with Gasteiger partial charge in [0.05, 0.1) is 41.0 Å². The van der Waals surface area contributed by atoms with Crippen molar-refractivity contribution in [3.63, 3.8) is 0 Å². The second-order valence-electron chi connectivity index (χ2n) is 17.6. The highest BCUT2D eigenvalue weighted by molar-refractivity contribution is 5.98. The number of aromatic nitrogens is 2. The van der Waals surface area contributed by atoms with Gasteiger partial charge < -0.3 is 24.8 Å². The van der Waals surface area contributed by atoms with Gasteiger partial charge in [-0.2, -0.15) is 5.10 Å². The van der Waals surface area contributed by atoms with E-state index in [-0.39, 0.29) is 53.2 Å². The molecule has 3 aliphatic heterocycles. The molecule has 334 valence electrons. The Bertz CT molecular complexity index is 2360. The molecule has 0 unspecified atom stereocenters. The lowest BCUT2D eigenvalue weighted by Crippen LogP contribution is -2.55. The maximum Gasteiger partial charge on any atom is 0.272 e. The highest BCUT2D eigenvalue weighted by Gasteiger charge is 2.37. The van der Waals surface area contributed by atoms with Crippen LogP contribution in [-0.4, -0.2) is 131 Å². The van der Waals surface area contributed by atoms with E-state index in [9.17, 15) is 28.4 Å². The maximum absolute atomic E-state index is 15.0. The number of hydrogen-bond acceptors (Lipinski definition) is 8. The summed E-state index contributed by atoms with van der Waals surface area (Å²) in [6.07, 6.45) is 8.17. The number of fused-ring (bicyclic) bond motifs is 1. The highest BCUT2D eigenvalue weighted by Crippen LogP contribution is 2.30. The molecular formula is C48H57F2N7O6. The van der Waals surface area contributed by atoms with E-state index in [1.54, 1.807) is 53.1 Å². The van der Waals surface area contributed by atoms with E-state index in [0.29, 0.717) is 86.1 Å². The van der Waals surface area contributed by atoms with Gasteiger partial charge in [0.25, 0.3) is 17.4 Å². The number of aromatic amines is 1. The first-order valence-corrected chi connectivity index (χ1v) is 22.6. The minimum atomic E-state index is -0.692. The Morgan fingerprint density at radius 2 is 1.43 bits per heavy atom. The molecule has 0 radical (unpaired) electrons. The van der Waals surface area contributed by atoms with Gasteiger partial charge in [-0.3, -0.25) is 28.9 Å². The number of carbonyl (C=O) groups excluding carboxylic acids is 4. The standard InChI is InChI=1S/C48H57F2N7O6/c1-31-8-7-13-38(43(31)50)45(59)51-44(33-9-3-2-4-10-33)48(62)56-22-18-35(19-23-56)63-34-16-20-54(21-17-34)30-42(58)55-24-26-57(27-25-55)47(61)39-28-32(14-15-40(39)49)29-41-36-11-5-6-12-37(36)46(60)53-52-41/h5-8,11-15,28,33-35,44H,2-4,9-10,16-27,29-30H2,1H3,(H,51,59)(H,53,60)/t44-/m1/s1. The first-order chi connectivity index (χ1) is 30.5. The predicted octanol–water partition coefficient (Wildman–Crippen LogP) is 5.24. The van der Waals surface area contributed by atoms with E-state index < -0.39 is 29.5 Å². The summed E-state index contributed by atoms with van der Waals surface area (Å²) in [6, 6.07) is 15.6. The first-order valence-electron chi connectivity index (χ1n) is 22.6. The van der Waals surface area contributed by atoms with E-state index in [4.69, 9.17) is 4.74 Å². The maximum atomic E-state index is 15.0. The molecule has 1 saturated carbocycles. The summed E-state index contributed by atoms with van der Waals surface area (Å²) in [5.74, 6) is -2.23. The number of aryl methyl sites for hydroxylation is 1. The normalized spacial score (nSPS) is 19.0. The largest absolute Gasteiger partial charge is 0.375 e. The van der Waals surface area contributed by atoms with Crippen molar-refractivity contribution in [3.8, 4) is 0 Å². The van der Waals surface area contributed by atoms with Crippen molar-refractivity contribution < 1.29 is 32.7 Å². The lowest BCUT2D eigenvalue weighted by molar-refractivity contribution is -0.140. The number of ether oxygens (including phenoxy) is 1. The Hall–Kier alpha value is -5.54. The van der Waals surface area contributed by atoms with Gasteiger partial charge in [0, 0.05) is 64.2 Å². The number of piperazine rings is 1. The Labute approximate surface area is 366 Å². The van der Waals surface area contributed by atoms with Gasteiger partial charge in [0.1, 0.15) is 17.7 Å². The van der Waals surface area contributed by atoms with Gasteiger partial charge >= 0.3 is 0 Å². The van der Waals surface area contributed by atoms with E-state index in [0.717, 1.165) is 58.0 Å². The third-order valence-electron chi connectivity index (χ3n) is 13.5. The average molecular weight is 866 g/mol. The number of amides is 4. The monoisotopic (exact) mass is 865 g/mol. The van der Waals surface area contributed by atoms with Crippen molar-refractivity contribution in [3.05, 3.63) is 111 Å². The lowest BCUT2D eigenvalue weighted by Gasteiger charge is -2.40. The van der Waals surface area contributed by atoms with Gasteiger partial charge in [-0.15, -0.1) is 0 Å². The fourth-order valence-corrected chi connectivity index (χ4v) is 9.74. The van der Waals surface area contributed by atoms with Crippen molar-refractivity contribution in [1.82, 2.24) is 35.1 Å². The number of hydrogen-bond donors (Lipinski definition) is 2. The van der Waals surface area contributed by atoms with Crippen LogP contribution in [0, 0.1) is 24.5 Å². The summed E-state index contributed by atoms with van der Waals surface area (Å²) < 4.78 is 36.4. The second-order valence-corrected chi connectivity index (χ2v) is 17.6. The number of benzene rings is 3. The molecule has 4 aliphatic rings. The summed E-state index contributed by atoms with van der Waals surface area (Å²) in [5.41, 5.74) is 1.33. The molecule has 4 fully saturated rings. The van der Waals surface area contributed by atoms with Crippen LogP contribution in [0.5, 0.6) is 0 Å². The number of nitrogens with one attached hydrogen (secondary N) is 2. The van der Waals surface area contributed by atoms with E-state index in [1.165, 1.54) is 12.1 Å². The Balaban J connectivity index is 0.765. The SMILES string of the molecule is Cc1cccc(C(=O)N[C@@H](C(=O)N2CCC(OC3CCN(CC(=O)N4CCN(C(=O)c5cc(Cc6n[nH]c(=O)c7ccccc67)ccc5F)CC4)CC3)CC2)C2CCCCC2)c1F. The average Bonchev–Trinajstić information content (AvgIpc) is 3.31. The molecule has 1 aliphatic carbocycles. The molecule has 4 amide bonds. The van der Waals surface area contributed by atoms with Crippen LogP contribution < -0.4 is 10.9 Å². The Morgan fingerprint density at radius 1 is 0.762 bits per heavy atom. The molecule has 15 heteroatoms. The van der Waals surface area contributed by atoms with Gasteiger partial charge in [-0.25, -0.2) is 13.9 Å². The minimum Gasteiger partial charge on any atom is -0.375 e. The third kappa shape index (κ3) is 10.3. The predicted molar refractivity (Wildman–Crippen MR) is 233 cm³/mol. The molecule has 2 N–H and O–H groups in total.